The second-order valence-electron chi connectivity index (χ2n) is 6.35. The van der Waals surface area contributed by atoms with E-state index < -0.39 is 0 Å². The molecule has 6 heteroatoms. The molecule has 1 amide bonds. The second kappa shape index (κ2) is 8.46. The number of nitrogens with one attached hydrogen (secondary N) is 2. The van der Waals surface area contributed by atoms with Gasteiger partial charge in [-0.3, -0.25) is 4.79 Å². The number of nitrogens with zero attached hydrogens (tertiary/aromatic N) is 3. The normalized spacial score (nSPS) is 13.7. The molecule has 2 N–H and O–H groups in total. The molecule has 2 aromatic rings. The first-order valence-corrected chi connectivity index (χ1v) is 8.99. The Labute approximate surface area is 148 Å². The molecule has 25 heavy (non-hydrogen) atoms. The number of carbonyl (C=O) groups excluding carboxylic acids is 1. The van der Waals surface area contributed by atoms with Gasteiger partial charge in [0.25, 0.3) is 0 Å². The molecular formula is C19H25N5O. The molecule has 1 aromatic carbocycles. The summed E-state index contributed by atoms with van der Waals surface area (Å²) in [6.45, 7) is 4.24. The lowest BCUT2D eigenvalue weighted by atomic mass is 10.2. The summed E-state index contributed by atoms with van der Waals surface area (Å²) in [4.78, 5) is 14.1. The van der Waals surface area contributed by atoms with Crippen molar-refractivity contribution in [1.29, 1.82) is 0 Å². The van der Waals surface area contributed by atoms with Crippen molar-refractivity contribution in [2.75, 3.05) is 28.6 Å². The predicted octanol–water partition coefficient (Wildman–Crippen LogP) is 3.95. The van der Waals surface area contributed by atoms with Crippen LogP contribution in [0.5, 0.6) is 0 Å². The van der Waals surface area contributed by atoms with Crippen LogP contribution in [0.3, 0.4) is 0 Å². The summed E-state index contributed by atoms with van der Waals surface area (Å²) in [7, 11) is 0. The fourth-order valence-corrected chi connectivity index (χ4v) is 2.91. The topological polar surface area (TPSA) is 70.2 Å². The zero-order valence-corrected chi connectivity index (χ0v) is 14.7. The zero-order valence-electron chi connectivity index (χ0n) is 14.7. The number of unbranched alkanes of at least 4 members (excludes halogenated alkanes) is 1. The Morgan fingerprint density at radius 3 is 2.60 bits per heavy atom. The Morgan fingerprint density at radius 1 is 1.16 bits per heavy atom. The van der Waals surface area contributed by atoms with Crippen molar-refractivity contribution in [2.24, 2.45) is 0 Å². The fourth-order valence-electron chi connectivity index (χ4n) is 2.91. The first-order valence-electron chi connectivity index (χ1n) is 8.99. The van der Waals surface area contributed by atoms with Crippen molar-refractivity contribution < 1.29 is 4.79 Å². The summed E-state index contributed by atoms with van der Waals surface area (Å²) in [6.07, 6.45) is 6.78. The van der Waals surface area contributed by atoms with E-state index in [2.05, 4.69) is 32.7 Å². The number of hydrogen-bond donors (Lipinski definition) is 2. The minimum Gasteiger partial charge on any atom is -0.370 e. The molecule has 1 aliphatic heterocycles. The third kappa shape index (κ3) is 4.92. The predicted molar refractivity (Wildman–Crippen MR) is 101 cm³/mol. The van der Waals surface area contributed by atoms with Crippen molar-refractivity contribution in [3.63, 3.8) is 0 Å². The van der Waals surface area contributed by atoms with E-state index in [4.69, 9.17) is 0 Å². The van der Waals surface area contributed by atoms with Crippen LogP contribution in [-0.4, -0.2) is 29.2 Å². The highest BCUT2D eigenvalue weighted by Gasteiger charge is 2.13. The molecule has 1 aromatic heterocycles. The van der Waals surface area contributed by atoms with Crippen LogP contribution in [0.4, 0.5) is 22.9 Å². The van der Waals surface area contributed by atoms with E-state index in [1.807, 2.05) is 36.5 Å². The van der Waals surface area contributed by atoms with Gasteiger partial charge >= 0.3 is 0 Å². The maximum absolute atomic E-state index is 11.8. The highest BCUT2D eigenvalue weighted by molar-refractivity contribution is 5.90. The number of aromatic nitrogens is 2. The van der Waals surface area contributed by atoms with E-state index in [1.165, 1.54) is 12.8 Å². The van der Waals surface area contributed by atoms with Gasteiger partial charge in [0.2, 0.25) is 5.91 Å². The molecule has 3 rings (SSSR count). The van der Waals surface area contributed by atoms with E-state index in [-0.39, 0.29) is 5.91 Å². The van der Waals surface area contributed by atoms with Gasteiger partial charge in [-0.05, 0) is 43.5 Å². The molecular weight excluding hydrogens is 314 g/mol. The van der Waals surface area contributed by atoms with Gasteiger partial charge in [0.15, 0.2) is 5.82 Å². The van der Waals surface area contributed by atoms with Gasteiger partial charge in [0, 0.05) is 37.0 Å². The number of benzene rings is 1. The van der Waals surface area contributed by atoms with Gasteiger partial charge in [-0.15, -0.1) is 5.10 Å². The number of amides is 1. The molecule has 132 valence electrons. The monoisotopic (exact) mass is 339 g/mol. The van der Waals surface area contributed by atoms with Crippen LogP contribution in [0, 0.1) is 0 Å². The summed E-state index contributed by atoms with van der Waals surface area (Å²) in [5, 5.41) is 14.4. The molecule has 0 bridgehead atoms. The number of anilines is 4. The molecule has 0 unspecified atom stereocenters. The van der Waals surface area contributed by atoms with Gasteiger partial charge in [-0.2, -0.15) is 5.10 Å². The molecule has 0 atom stereocenters. The SMILES string of the molecule is CCCCC(=O)Nc1ccc(Nc2cc(N3CCCC3)cnn2)cc1. The van der Waals surface area contributed by atoms with Crippen LogP contribution in [0.25, 0.3) is 0 Å². The van der Waals surface area contributed by atoms with E-state index >= 15 is 0 Å². The quantitative estimate of drug-likeness (QED) is 0.799. The highest BCUT2D eigenvalue weighted by Crippen LogP contribution is 2.23. The van der Waals surface area contributed by atoms with Gasteiger partial charge in [-0.25, -0.2) is 0 Å². The average molecular weight is 339 g/mol. The van der Waals surface area contributed by atoms with Crippen LogP contribution in [0.1, 0.15) is 39.0 Å². The molecule has 0 spiro atoms. The van der Waals surface area contributed by atoms with Gasteiger partial charge in [-0.1, -0.05) is 13.3 Å². The fraction of sp³-hybridized carbons (Fsp3) is 0.421. The van der Waals surface area contributed by atoms with E-state index in [9.17, 15) is 4.79 Å². The van der Waals surface area contributed by atoms with Gasteiger partial charge in [0.1, 0.15) is 0 Å². The van der Waals surface area contributed by atoms with E-state index in [0.717, 1.165) is 48.8 Å². The van der Waals surface area contributed by atoms with Crippen LogP contribution >= 0.6 is 0 Å². The van der Waals surface area contributed by atoms with Gasteiger partial charge < -0.3 is 15.5 Å². The minimum absolute atomic E-state index is 0.0618. The maximum Gasteiger partial charge on any atom is 0.224 e. The molecule has 6 nitrogen and oxygen atoms in total. The van der Waals surface area contributed by atoms with E-state index in [0.29, 0.717) is 6.42 Å². The third-order valence-electron chi connectivity index (χ3n) is 4.31. The summed E-state index contributed by atoms with van der Waals surface area (Å²) in [5.41, 5.74) is 2.83. The Bertz CT molecular complexity index is 695. The summed E-state index contributed by atoms with van der Waals surface area (Å²) in [6, 6.07) is 9.67. The molecule has 0 saturated carbocycles. The minimum atomic E-state index is 0.0618. The lowest BCUT2D eigenvalue weighted by molar-refractivity contribution is -0.116. The first-order chi connectivity index (χ1) is 12.2. The van der Waals surface area contributed by atoms with Crippen LogP contribution in [0.2, 0.25) is 0 Å². The third-order valence-corrected chi connectivity index (χ3v) is 4.31. The molecule has 1 aliphatic rings. The van der Waals surface area contributed by atoms with Crippen LogP contribution < -0.4 is 15.5 Å². The Morgan fingerprint density at radius 2 is 1.88 bits per heavy atom. The van der Waals surface area contributed by atoms with Gasteiger partial charge in [0.05, 0.1) is 11.9 Å². The molecule has 0 radical (unpaired) electrons. The number of carbonyl (C=O) groups is 1. The lowest BCUT2D eigenvalue weighted by Gasteiger charge is -2.17. The van der Waals surface area contributed by atoms with Crippen LogP contribution in [-0.2, 0) is 4.79 Å². The number of hydrogen-bond acceptors (Lipinski definition) is 5. The molecule has 1 saturated heterocycles. The van der Waals surface area contributed by atoms with Crippen molar-refractivity contribution in [1.82, 2.24) is 10.2 Å². The number of rotatable bonds is 7. The summed E-state index contributed by atoms with van der Waals surface area (Å²) in [5.74, 6) is 0.788. The summed E-state index contributed by atoms with van der Waals surface area (Å²) >= 11 is 0. The van der Waals surface area contributed by atoms with Crippen molar-refractivity contribution >= 4 is 28.8 Å². The molecule has 0 aliphatic carbocycles. The largest absolute Gasteiger partial charge is 0.370 e. The lowest BCUT2D eigenvalue weighted by Crippen LogP contribution is -2.18. The van der Waals surface area contributed by atoms with E-state index in [1.54, 1.807) is 0 Å². The Balaban J connectivity index is 1.59. The van der Waals surface area contributed by atoms with Crippen molar-refractivity contribution in [3.05, 3.63) is 36.5 Å². The molecule has 2 heterocycles. The first kappa shape index (κ1) is 17.2. The Hall–Kier alpha value is -2.63. The van der Waals surface area contributed by atoms with Crippen LogP contribution in [0.15, 0.2) is 36.5 Å². The smallest absolute Gasteiger partial charge is 0.224 e. The zero-order chi connectivity index (χ0) is 17.5. The molecule has 1 fully saturated rings. The average Bonchev–Trinajstić information content (AvgIpc) is 3.17. The maximum atomic E-state index is 11.8. The second-order valence-corrected chi connectivity index (χ2v) is 6.35. The summed E-state index contributed by atoms with van der Waals surface area (Å²) < 4.78 is 0. The Kier molecular flexibility index (Phi) is 5.82. The van der Waals surface area contributed by atoms with Crippen molar-refractivity contribution in [2.45, 2.75) is 39.0 Å². The highest BCUT2D eigenvalue weighted by atomic mass is 16.1. The standard InChI is InChI=1S/C19H25N5O/c1-2-3-6-19(25)22-16-9-7-15(8-10-16)21-18-13-17(14-20-23-18)24-11-4-5-12-24/h7-10,13-14H,2-6,11-12H2,1H3,(H,21,23)(H,22,25). The van der Waals surface area contributed by atoms with Crippen molar-refractivity contribution in [3.8, 4) is 0 Å².